The van der Waals surface area contributed by atoms with Crippen LogP contribution in [-0.4, -0.2) is 9.20 Å². The zero-order chi connectivity index (χ0) is 4.99. The molecule has 2 N–H and O–H groups in total. The highest BCUT2D eigenvalue weighted by Gasteiger charge is 1.95. The van der Waals surface area contributed by atoms with E-state index in [0.29, 0.717) is 0 Å². The second-order valence-corrected chi connectivity index (χ2v) is 2.98. The van der Waals surface area contributed by atoms with Crippen LogP contribution in [-0.2, 0) is 4.80 Å². The van der Waals surface area contributed by atoms with Gasteiger partial charge in [-0.3, -0.25) is 4.80 Å². The van der Waals surface area contributed by atoms with E-state index in [0.717, 1.165) is 12.5 Å². The lowest BCUT2D eigenvalue weighted by atomic mass is 10.6. The van der Waals surface area contributed by atoms with E-state index >= 15 is 0 Å². The monoisotopic (exact) mass is 104 g/mol. The van der Waals surface area contributed by atoms with Gasteiger partial charge < -0.3 is 5.40 Å². The maximum Gasteiger partial charge on any atom is 0.291 e. The Hall–Kier alpha value is 0.137. The van der Waals surface area contributed by atoms with Crippen molar-refractivity contribution >= 4 is 9.20 Å². The van der Waals surface area contributed by atoms with Gasteiger partial charge in [-0.1, -0.05) is 13.3 Å². The van der Waals surface area contributed by atoms with Crippen LogP contribution in [0.3, 0.4) is 0 Å². The van der Waals surface area contributed by atoms with Gasteiger partial charge in [-0.25, -0.2) is 0 Å². The highest BCUT2D eigenvalue weighted by Crippen LogP contribution is 1.85. The normalized spacial score (nSPS) is 14.5. The summed E-state index contributed by atoms with van der Waals surface area (Å²) in [5, 5.41) is 4.99. The summed E-state index contributed by atoms with van der Waals surface area (Å²) in [6.45, 7) is 1.98. The minimum Gasteiger partial charge on any atom is -0.330 e. The summed E-state index contributed by atoms with van der Waals surface area (Å²) in [4.78, 5) is 10.0. The highest BCUT2D eigenvalue weighted by atomic mass is 28.3. The summed E-state index contributed by atoms with van der Waals surface area (Å²) in [6.07, 6.45) is 0.955. The Morgan fingerprint density at radius 2 is 2.33 bits per heavy atom. The topological polar surface area (TPSA) is 45.9 Å². The molecule has 0 aliphatic heterocycles. The first kappa shape index (κ1) is 6.14. The summed E-state index contributed by atoms with van der Waals surface area (Å²) < 4.78 is 0. The van der Waals surface area contributed by atoms with E-state index in [1.165, 1.54) is 0 Å². The molecule has 0 rings (SSSR count). The van der Waals surface area contributed by atoms with E-state index in [4.69, 9.17) is 5.40 Å². The molecule has 1 radical (unpaired) electrons. The van der Waals surface area contributed by atoms with Gasteiger partial charge in [0.25, 0.3) is 9.20 Å². The predicted octanol–water partition coefficient (Wildman–Crippen LogP) is 0.00610. The third-order valence-corrected chi connectivity index (χ3v) is 1.72. The Kier molecular flexibility index (Phi) is 3.41. The Morgan fingerprint density at radius 3 is 2.33 bits per heavy atom. The van der Waals surface area contributed by atoms with Crippen molar-refractivity contribution in [1.29, 1.82) is 0 Å². The molecule has 6 heavy (non-hydrogen) atoms. The first-order valence-corrected chi connectivity index (χ1v) is 4.14. The molecular weight excluding hydrogens is 94.1 g/mol. The Balaban J connectivity index is 2.63. The van der Waals surface area contributed by atoms with Crippen LogP contribution in [0.4, 0.5) is 0 Å². The molecule has 0 aromatic rings. The third kappa shape index (κ3) is 4.14. The van der Waals surface area contributed by atoms with Crippen molar-refractivity contribution in [3.8, 4) is 0 Å². The van der Waals surface area contributed by atoms with Crippen LogP contribution in [0.2, 0.25) is 6.04 Å². The van der Waals surface area contributed by atoms with E-state index in [1.54, 1.807) is 0 Å². The summed E-state index contributed by atoms with van der Waals surface area (Å²) in [5.41, 5.74) is 0. The van der Waals surface area contributed by atoms with Crippen LogP contribution < -0.4 is 5.40 Å². The van der Waals surface area contributed by atoms with Crippen LogP contribution in [0.1, 0.15) is 13.3 Å². The third-order valence-electron chi connectivity index (χ3n) is 0.573. The molecule has 3 heteroatoms. The minimum atomic E-state index is -1.92. The lowest BCUT2D eigenvalue weighted by Crippen LogP contribution is -2.21. The quantitative estimate of drug-likeness (QED) is 0.493. The molecule has 0 amide bonds. The van der Waals surface area contributed by atoms with Crippen molar-refractivity contribution in [1.82, 2.24) is 0 Å². The van der Waals surface area contributed by atoms with Gasteiger partial charge in [-0.2, -0.15) is 0 Å². The molecule has 37 valence electrons. The molecule has 0 aromatic heterocycles. The van der Waals surface area contributed by atoms with E-state index in [9.17, 15) is 4.80 Å². The largest absolute Gasteiger partial charge is 0.330 e. The molecule has 1 unspecified atom stereocenters. The van der Waals surface area contributed by atoms with E-state index in [1.807, 2.05) is 6.92 Å². The molecule has 0 bridgehead atoms. The van der Waals surface area contributed by atoms with Crippen molar-refractivity contribution in [3.63, 3.8) is 0 Å². The Morgan fingerprint density at radius 1 is 1.83 bits per heavy atom. The van der Waals surface area contributed by atoms with Gasteiger partial charge in [0.15, 0.2) is 0 Å². The van der Waals surface area contributed by atoms with Crippen molar-refractivity contribution in [2.75, 3.05) is 0 Å². The van der Waals surface area contributed by atoms with Gasteiger partial charge in [0.05, 0.1) is 0 Å². The van der Waals surface area contributed by atoms with Gasteiger partial charge in [0.1, 0.15) is 0 Å². The molecule has 0 aliphatic carbocycles. The van der Waals surface area contributed by atoms with E-state index in [2.05, 4.69) is 0 Å². The molecule has 1 atom stereocenters. The maximum atomic E-state index is 10.0. The molecule has 0 aliphatic rings. The summed E-state index contributed by atoms with van der Waals surface area (Å²) in [7, 11) is -1.92. The number of nitrogens with two attached hydrogens (primary N) is 1. The summed E-state index contributed by atoms with van der Waals surface area (Å²) >= 11 is 0. The zero-order valence-electron chi connectivity index (χ0n) is 3.98. The molecule has 0 saturated carbocycles. The molecule has 0 spiro atoms. The summed E-state index contributed by atoms with van der Waals surface area (Å²) in [5.74, 6) is 0. The SMILES string of the molecule is CCC[SiH](N)[O]. The van der Waals surface area contributed by atoms with Crippen LogP contribution in [0, 0.1) is 0 Å². The molecule has 0 saturated heterocycles. The maximum absolute atomic E-state index is 10.0. The lowest BCUT2D eigenvalue weighted by molar-refractivity contribution is 0.445. The molecule has 0 heterocycles. The standard InChI is InChI=1S/C3H10NOSi/c1-2-3-6(4)5/h6H,2-4H2,1H3. The van der Waals surface area contributed by atoms with Crippen molar-refractivity contribution in [3.05, 3.63) is 0 Å². The number of rotatable bonds is 2. The fourth-order valence-corrected chi connectivity index (χ4v) is 0.854. The Bertz CT molecular complexity index is 32.0. The van der Waals surface area contributed by atoms with Crippen LogP contribution >= 0.6 is 0 Å². The van der Waals surface area contributed by atoms with Crippen LogP contribution in [0.15, 0.2) is 0 Å². The smallest absolute Gasteiger partial charge is 0.291 e. The van der Waals surface area contributed by atoms with Gasteiger partial charge in [-0.05, 0) is 6.04 Å². The van der Waals surface area contributed by atoms with Crippen molar-refractivity contribution in [2.45, 2.75) is 19.4 Å². The minimum absolute atomic E-state index is 0.736. The van der Waals surface area contributed by atoms with E-state index in [-0.39, 0.29) is 0 Å². The zero-order valence-corrected chi connectivity index (χ0v) is 5.13. The molecule has 0 fully saturated rings. The first-order valence-electron chi connectivity index (χ1n) is 2.18. The molecule has 0 aromatic carbocycles. The fourth-order valence-electron chi connectivity index (χ4n) is 0.285. The second-order valence-electron chi connectivity index (χ2n) is 1.33. The van der Waals surface area contributed by atoms with Gasteiger partial charge in [-0.15, -0.1) is 0 Å². The fraction of sp³-hybridized carbons (Fsp3) is 1.00. The van der Waals surface area contributed by atoms with Gasteiger partial charge in [0.2, 0.25) is 0 Å². The average molecular weight is 104 g/mol. The highest BCUT2D eigenvalue weighted by molar-refractivity contribution is 6.45. The van der Waals surface area contributed by atoms with Crippen LogP contribution in [0.5, 0.6) is 0 Å². The number of hydrogen-bond acceptors (Lipinski definition) is 1. The Labute approximate surface area is 39.8 Å². The van der Waals surface area contributed by atoms with Gasteiger partial charge in [0, 0.05) is 0 Å². The van der Waals surface area contributed by atoms with Crippen LogP contribution in [0.25, 0.3) is 0 Å². The van der Waals surface area contributed by atoms with Crippen molar-refractivity contribution in [2.24, 2.45) is 5.40 Å². The first-order chi connectivity index (χ1) is 2.77. The van der Waals surface area contributed by atoms with E-state index < -0.39 is 9.20 Å². The lowest BCUT2D eigenvalue weighted by Gasteiger charge is -1.89. The molecule has 2 nitrogen and oxygen atoms in total. The molecular formula is C3H10NOSi. The van der Waals surface area contributed by atoms with Gasteiger partial charge >= 0.3 is 0 Å². The average Bonchev–Trinajstić information content (AvgIpc) is 1.35. The predicted molar refractivity (Wildman–Crippen MR) is 27.1 cm³/mol. The second kappa shape index (κ2) is 3.33. The summed E-state index contributed by atoms with van der Waals surface area (Å²) in [6, 6.07) is 0.736. The van der Waals surface area contributed by atoms with Crippen molar-refractivity contribution < 1.29 is 4.80 Å². The number of hydrogen-bond donors (Lipinski definition) is 1.